The maximum atomic E-state index is 12.2. The molecule has 0 aliphatic carbocycles. The third-order valence-electron chi connectivity index (χ3n) is 2.77. The summed E-state index contributed by atoms with van der Waals surface area (Å²) in [5.74, 6) is 0.634. The zero-order chi connectivity index (χ0) is 14.9. The molecule has 0 radical (unpaired) electrons. The topological polar surface area (TPSA) is 38.1 Å². The van der Waals surface area contributed by atoms with Crippen molar-refractivity contribution in [3.63, 3.8) is 0 Å². The minimum absolute atomic E-state index is 0.215. The molecule has 0 saturated carbocycles. The molecule has 1 N–H and O–H groups in total. The molecule has 7 heteroatoms. The average molecular weight is 305 g/mol. The van der Waals surface area contributed by atoms with Crippen LogP contribution in [0.3, 0.4) is 0 Å². The fourth-order valence-electron chi connectivity index (χ4n) is 1.90. The predicted molar refractivity (Wildman–Crippen MR) is 71.0 cm³/mol. The lowest BCUT2D eigenvalue weighted by Crippen LogP contribution is -2.21. The molecule has 0 bridgehead atoms. The number of benzene rings is 1. The minimum atomic E-state index is -4.29. The number of hydrogen-bond acceptors (Lipinski definition) is 3. The van der Waals surface area contributed by atoms with Gasteiger partial charge in [-0.25, -0.2) is 0 Å². The van der Waals surface area contributed by atoms with Crippen LogP contribution in [0.1, 0.15) is 11.5 Å². The van der Waals surface area contributed by atoms with Gasteiger partial charge in [0.15, 0.2) is 0 Å². The van der Waals surface area contributed by atoms with Gasteiger partial charge in [-0.05, 0) is 31.5 Å². The lowest BCUT2D eigenvalue weighted by Gasteiger charge is -2.12. The number of nitrogens with one attached hydrogen (secondary N) is 1. The first-order valence-electron chi connectivity index (χ1n) is 5.81. The van der Waals surface area contributed by atoms with Gasteiger partial charge in [0.1, 0.15) is 12.3 Å². The highest BCUT2D eigenvalue weighted by Gasteiger charge is 2.27. The Kier molecular flexibility index (Phi) is 3.94. The Morgan fingerprint density at radius 3 is 2.50 bits per heavy atom. The maximum Gasteiger partial charge on any atom is 0.405 e. The zero-order valence-electron chi connectivity index (χ0n) is 10.8. The quantitative estimate of drug-likeness (QED) is 0.901. The van der Waals surface area contributed by atoms with Crippen LogP contribution in [0.5, 0.6) is 0 Å². The van der Waals surface area contributed by atoms with Crippen LogP contribution >= 0.6 is 11.6 Å². The van der Waals surface area contributed by atoms with Crippen LogP contribution in [-0.4, -0.2) is 17.9 Å². The molecule has 0 atom stereocenters. The van der Waals surface area contributed by atoms with E-state index in [0.717, 1.165) is 11.1 Å². The van der Waals surface area contributed by atoms with E-state index in [2.05, 4.69) is 10.5 Å². The standard InChI is InChI=1S/C13H12ClF3N2O/c1-7-12(8(2)20-19-7)9-3-4-11(10(14)5-9)18-6-13(15,16)17/h3-5,18H,6H2,1-2H3. The minimum Gasteiger partial charge on any atom is -0.375 e. The number of alkyl halides is 3. The number of hydrogen-bond donors (Lipinski definition) is 1. The van der Waals surface area contributed by atoms with Gasteiger partial charge >= 0.3 is 6.18 Å². The molecule has 0 aliphatic heterocycles. The van der Waals surface area contributed by atoms with Crippen molar-refractivity contribution in [2.45, 2.75) is 20.0 Å². The van der Waals surface area contributed by atoms with E-state index in [-0.39, 0.29) is 10.7 Å². The van der Waals surface area contributed by atoms with Crippen LogP contribution in [0.4, 0.5) is 18.9 Å². The van der Waals surface area contributed by atoms with Gasteiger partial charge in [-0.15, -0.1) is 0 Å². The van der Waals surface area contributed by atoms with Crippen molar-refractivity contribution in [1.29, 1.82) is 0 Å². The van der Waals surface area contributed by atoms with Gasteiger partial charge in [-0.1, -0.05) is 22.8 Å². The van der Waals surface area contributed by atoms with Crippen LogP contribution in [0.25, 0.3) is 11.1 Å². The molecule has 1 aromatic carbocycles. The third-order valence-corrected chi connectivity index (χ3v) is 3.08. The Morgan fingerprint density at radius 1 is 1.30 bits per heavy atom. The molecule has 0 saturated heterocycles. The summed E-state index contributed by atoms with van der Waals surface area (Å²) in [5.41, 5.74) is 2.49. The van der Waals surface area contributed by atoms with Crippen molar-refractivity contribution < 1.29 is 17.7 Å². The molecule has 0 unspecified atom stereocenters. The first-order chi connectivity index (χ1) is 9.28. The van der Waals surface area contributed by atoms with Gasteiger partial charge in [0.2, 0.25) is 0 Å². The van der Waals surface area contributed by atoms with E-state index in [1.54, 1.807) is 26.0 Å². The zero-order valence-corrected chi connectivity index (χ0v) is 11.6. The number of rotatable bonds is 3. The Hall–Kier alpha value is -1.69. The lowest BCUT2D eigenvalue weighted by molar-refractivity contribution is -0.115. The predicted octanol–water partition coefficient (Wildman–Crippen LogP) is 4.59. The number of anilines is 1. The second-order valence-electron chi connectivity index (χ2n) is 4.36. The van der Waals surface area contributed by atoms with E-state index in [9.17, 15) is 13.2 Å². The second kappa shape index (κ2) is 5.36. The number of halogens is 4. The van der Waals surface area contributed by atoms with Gasteiger partial charge in [0.05, 0.1) is 16.4 Å². The summed E-state index contributed by atoms with van der Waals surface area (Å²) in [6.45, 7) is 2.42. The van der Waals surface area contributed by atoms with Crippen molar-refractivity contribution in [3.05, 3.63) is 34.7 Å². The molecular weight excluding hydrogens is 293 g/mol. The third kappa shape index (κ3) is 3.25. The largest absolute Gasteiger partial charge is 0.405 e. The van der Waals surface area contributed by atoms with E-state index in [4.69, 9.17) is 16.1 Å². The number of nitrogens with zero attached hydrogens (tertiary/aromatic N) is 1. The van der Waals surface area contributed by atoms with Gasteiger partial charge in [-0.3, -0.25) is 0 Å². The molecule has 0 fully saturated rings. The van der Waals surface area contributed by atoms with Crippen molar-refractivity contribution in [3.8, 4) is 11.1 Å². The highest BCUT2D eigenvalue weighted by atomic mass is 35.5. The molecule has 2 aromatic rings. The summed E-state index contributed by atoms with van der Waals surface area (Å²) in [5, 5.41) is 6.30. The maximum absolute atomic E-state index is 12.2. The van der Waals surface area contributed by atoms with E-state index in [0.29, 0.717) is 11.5 Å². The molecule has 3 nitrogen and oxygen atoms in total. The Labute approximate surface area is 118 Å². The van der Waals surface area contributed by atoms with Crippen LogP contribution in [0.15, 0.2) is 22.7 Å². The SMILES string of the molecule is Cc1noc(C)c1-c1ccc(NCC(F)(F)F)c(Cl)c1. The summed E-state index contributed by atoms with van der Waals surface area (Å²) in [4.78, 5) is 0. The molecule has 0 spiro atoms. The monoisotopic (exact) mass is 304 g/mol. The Bertz CT molecular complexity index is 603. The Morgan fingerprint density at radius 2 is 2.00 bits per heavy atom. The van der Waals surface area contributed by atoms with Gasteiger partial charge in [-0.2, -0.15) is 13.2 Å². The van der Waals surface area contributed by atoms with Crippen molar-refractivity contribution in [1.82, 2.24) is 5.16 Å². The fraction of sp³-hybridized carbons (Fsp3) is 0.308. The van der Waals surface area contributed by atoms with Gasteiger partial charge in [0.25, 0.3) is 0 Å². The summed E-state index contributed by atoms with van der Waals surface area (Å²) >= 11 is 6.00. The first-order valence-corrected chi connectivity index (χ1v) is 6.19. The van der Waals surface area contributed by atoms with E-state index < -0.39 is 12.7 Å². The molecule has 1 heterocycles. The smallest absolute Gasteiger partial charge is 0.375 e. The average Bonchev–Trinajstić information content (AvgIpc) is 2.66. The molecule has 1 aromatic heterocycles. The van der Waals surface area contributed by atoms with Crippen LogP contribution in [-0.2, 0) is 0 Å². The van der Waals surface area contributed by atoms with Gasteiger partial charge < -0.3 is 9.84 Å². The van der Waals surface area contributed by atoms with E-state index in [1.165, 1.54) is 6.07 Å². The second-order valence-corrected chi connectivity index (χ2v) is 4.77. The summed E-state index contributed by atoms with van der Waals surface area (Å²) < 4.78 is 41.5. The Balaban J connectivity index is 2.26. The molecule has 20 heavy (non-hydrogen) atoms. The highest BCUT2D eigenvalue weighted by Crippen LogP contribution is 2.32. The summed E-state index contributed by atoms with van der Waals surface area (Å²) in [7, 11) is 0. The molecule has 0 amide bonds. The lowest BCUT2D eigenvalue weighted by atomic mass is 10.0. The van der Waals surface area contributed by atoms with Crippen molar-refractivity contribution >= 4 is 17.3 Å². The van der Waals surface area contributed by atoms with E-state index in [1.807, 2.05) is 0 Å². The summed E-state index contributed by atoms with van der Waals surface area (Å²) in [6, 6.07) is 4.78. The van der Waals surface area contributed by atoms with E-state index >= 15 is 0 Å². The summed E-state index contributed by atoms with van der Waals surface area (Å²) in [6.07, 6.45) is -4.29. The van der Waals surface area contributed by atoms with Crippen LogP contribution < -0.4 is 5.32 Å². The number of aromatic nitrogens is 1. The number of aryl methyl sites for hydroxylation is 2. The van der Waals surface area contributed by atoms with Crippen molar-refractivity contribution in [2.24, 2.45) is 0 Å². The van der Waals surface area contributed by atoms with Crippen LogP contribution in [0.2, 0.25) is 5.02 Å². The highest BCUT2D eigenvalue weighted by molar-refractivity contribution is 6.33. The molecule has 108 valence electrons. The normalized spacial score (nSPS) is 11.7. The van der Waals surface area contributed by atoms with Crippen molar-refractivity contribution in [2.75, 3.05) is 11.9 Å². The molecule has 2 rings (SSSR count). The van der Waals surface area contributed by atoms with Crippen LogP contribution in [0, 0.1) is 13.8 Å². The molecule has 0 aliphatic rings. The first kappa shape index (κ1) is 14.7. The molecular formula is C13H12ClF3N2O. The fourth-order valence-corrected chi connectivity index (χ4v) is 2.15. The van der Waals surface area contributed by atoms with Gasteiger partial charge in [0, 0.05) is 5.56 Å².